The standard InChI is InChI=1S/C17H24BrNO2/c1-12(19-2)15-5-4-13(18)10-16(15)21-14-6-9-20-17(11-14)7-3-8-17/h4-5,10,12,14,19H,3,6-9,11H2,1-2H3. The van der Waals surface area contributed by atoms with Crippen LogP contribution >= 0.6 is 15.9 Å². The van der Waals surface area contributed by atoms with E-state index in [1.54, 1.807) is 0 Å². The van der Waals surface area contributed by atoms with Gasteiger partial charge in [0.05, 0.1) is 12.2 Å². The number of rotatable bonds is 4. The van der Waals surface area contributed by atoms with Crippen molar-refractivity contribution in [3.05, 3.63) is 28.2 Å². The van der Waals surface area contributed by atoms with Gasteiger partial charge in [0.2, 0.25) is 0 Å². The second-order valence-corrected chi connectivity index (χ2v) is 7.23. The molecule has 116 valence electrons. The molecule has 0 amide bonds. The zero-order valence-corrected chi connectivity index (χ0v) is 14.4. The first-order valence-corrected chi connectivity index (χ1v) is 8.68. The topological polar surface area (TPSA) is 30.5 Å². The van der Waals surface area contributed by atoms with Crippen molar-refractivity contribution in [2.24, 2.45) is 0 Å². The highest BCUT2D eigenvalue weighted by Gasteiger charge is 2.43. The largest absolute Gasteiger partial charge is 0.490 e. The minimum absolute atomic E-state index is 0.129. The van der Waals surface area contributed by atoms with Crippen LogP contribution in [0.15, 0.2) is 22.7 Å². The Kier molecular flexibility index (Phi) is 4.57. The van der Waals surface area contributed by atoms with Crippen LogP contribution < -0.4 is 10.1 Å². The fraction of sp³-hybridized carbons (Fsp3) is 0.647. The normalized spacial score (nSPS) is 25.4. The maximum atomic E-state index is 6.37. The van der Waals surface area contributed by atoms with Gasteiger partial charge in [-0.2, -0.15) is 0 Å². The van der Waals surface area contributed by atoms with Gasteiger partial charge < -0.3 is 14.8 Å². The van der Waals surface area contributed by atoms with Gasteiger partial charge in [-0.1, -0.05) is 22.0 Å². The number of nitrogens with one attached hydrogen (secondary N) is 1. The van der Waals surface area contributed by atoms with Crippen LogP contribution in [0.2, 0.25) is 0 Å². The summed E-state index contributed by atoms with van der Waals surface area (Å²) in [6.45, 7) is 2.99. The minimum atomic E-state index is 0.129. The zero-order chi connectivity index (χ0) is 14.9. The molecule has 2 unspecified atom stereocenters. The summed E-state index contributed by atoms with van der Waals surface area (Å²) in [4.78, 5) is 0. The zero-order valence-electron chi connectivity index (χ0n) is 12.8. The predicted octanol–water partition coefficient (Wildman–Crippen LogP) is 4.21. The maximum Gasteiger partial charge on any atom is 0.125 e. The maximum absolute atomic E-state index is 6.37. The Bertz CT molecular complexity index is 502. The molecule has 1 saturated carbocycles. The highest BCUT2D eigenvalue weighted by atomic mass is 79.9. The third-order valence-corrected chi connectivity index (χ3v) is 5.37. The first kappa shape index (κ1) is 15.3. The van der Waals surface area contributed by atoms with Crippen LogP contribution in [0.1, 0.15) is 50.6 Å². The summed E-state index contributed by atoms with van der Waals surface area (Å²) >= 11 is 3.55. The predicted molar refractivity (Wildman–Crippen MR) is 87.8 cm³/mol. The summed E-state index contributed by atoms with van der Waals surface area (Å²) in [5.74, 6) is 0.993. The Morgan fingerprint density at radius 2 is 2.24 bits per heavy atom. The second kappa shape index (κ2) is 6.27. The van der Waals surface area contributed by atoms with Gasteiger partial charge in [0.25, 0.3) is 0 Å². The minimum Gasteiger partial charge on any atom is -0.490 e. The van der Waals surface area contributed by atoms with Crippen LogP contribution in [0.4, 0.5) is 0 Å². The van der Waals surface area contributed by atoms with E-state index in [9.17, 15) is 0 Å². The summed E-state index contributed by atoms with van der Waals surface area (Å²) in [7, 11) is 1.98. The molecule has 3 rings (SSSR count). The van der Waals surface area contributed by atoms with E-state index in [0.29, 0.717) is 0 Å². The summed E-state index contributed by atoms with van der Waals surface area (Å²) in [6, 6.07) is 6.59. The van der Waals surface area contributed by atoms with Gasteiger partial charge >= 0.3 is 0 Å². The van der Waals surface area contributed by atoms with Crippen LogP contribution in [-0.4, -0.2) is 25.4 Å². The molecule has 1 spiro atoms. The van der Waals surface area contributed by atoms with E-state index in [4.69, 9.17) is 9.47 Å². The summed E-state index contributed by atoms with van der Waals surface area (Å²) in [6.07, 6.45) is 5.99. The third kappa shape index (κ3) is 3.27. The lowest BCUT2D eigenvalue weighted by molar-refractivity contribution is -0.153. The van der Waals surface area contributed by atoms with E-state index in [-0.39, 0.29) is 17.7 Å². The molecular weight excluding hydrogens is 330 g/mol. The third-order valence-electron chi connectivity index (χ3n) is 4.88. The number of hydrogen-bond acceptors (Lipinski definition) is 3. The molecule has 1 aliphatic carbocycles. The summed E-state index contributed by atoms with van der Waals surface area (Å²) in [5.41, 5.74) is 1.35. The van der Waals surface area contributed by atoms with Gasteiger partial charge in [-0.15, -0.1) is 0 Å². The molecule has 1 aromatic rings. The van der Waals surface area contributed by atoms with Crippen molar-refractivity contribution >= 4 is 15.9 Å². The van der Waals surface area contributed by atoms with Gasteiger partial charge in [0.1, 0.15) is 11.9 Å². The van der Waals surface area contributed by atoms with E-state index < -0.39 is 0 Å². The average molecular weight is 354 g/mol. The lowest BCUT2D eigenvalue weighted by Gasteiger charge is -2.47. The molecule has 0 radical (unpaired) electrons. The lowest BCUT2D eigenvalue weighted by atomic mass is 9.74. The van der Waals surface area contributed by atoms with Crippen molar-refractivity contribution in [1.29, 1.82) is 0 Å². The van der Waals surface area contributed by atoms with E-state index in [1.807, 2.05) is 7.05 Å². The van der Waals surface area contributed by atoms with E-state index in [2.05, 4.69) is 46.4 Å². The van der Waals surface area contributed by atoms with Crippen LogP contribution in [0.3, 0.4) is 0 Å². The van der Waals surface area contributed by atoms with E-state index in [0.717, 1.165) is 29.7 Å². The SMILES string of the molecule is CNC(C)c1ccc(Br)cc1OC1CCOC2(CCC2)C1. The quantitative estimate of drug-likeness (QED) is 0.879. The smallest absolute Gasteiger partial charge is 0.125 e. The van der Waals surface area contributed by atoms with Crippen molar-refractivity contribution in [1.82, 2.24) is 5.32 Å². The molecule has 1 N–H and O–H groups in total. The second-order valence-electron chi connectivity index (χ2n) is 6.31. The van der Waals surface area contributed by atoms with Crippen LogP contribution in [0.5, 0.6) is 5.75 Å². The summed E-state index contributed by atoms with van der Waals surface area (Å²) in [5, 5.41) is 3.30. The summed E-state index contributed by atoms with van der Waals surface area (Å²) < 4.78 is 13.4. The molecule has 1 heterocycles. The van der Waals surface area contributed by atoms with Crippen molar-refractivity contribution in [3.8, 4) is 5.75 Å². The molecule has 2 aliphatic rings. The molecule has 2 fully saturated rings. The molecule has 21 heavy (non-hydrogen) atoms. The molecule has 1 saturated heterocycles. The highest BCUT2D eigenvalue weighted by molar-refractivity contribution is 9.10. The molecule has 1 aliphatic heterocycles. The number of hydrogen-bond donors (Lipinski definition) is 1. The van der Waals surface area contributed by atoms with Crippen molar-refractivity contribution in [2.75, 3.05) is 13.7 Å². The monoisotopic (exact) mass is 353 g/mol. The molecule has 3 nitrogen and oxygen atoms in total. The van der Waals surface area contributed by atoms with Gasteiger partial charge in [0.15, 0.2) is 0 Å². The van der Waals surface area contributed by atoms with Gasteiger partial charge in [0, 0.05) is 28.9 Å². The van der Waals surface area contributed by atoms with Gasteiger partial charge in [-0.3, -0.25) is 0 Å². The Morgan fingerprint density at radius 3 is 2.90 bits per heavy atom. The number of benzene rings is 1. The Labute approximate surface area is 135 Å². The van der Waals surface area contributed by atoms with Crippen molar-refractivity contribution in [3.63, 3.8) is 0 Å². The Morgan fingerprint density at radius 1 is 1.43 bits per heavy atom. The van der Waals surface area contributed by atoms with Crippen LogP contribution in [0, 0.1) is 0 Å². The van der Waals surface area contributed by atoms with E-state index in [1.165, 1.54) is 24.8 Å². The molecule has 2 atom stereocenters. The first-order chi connectivity index (χ1) is 10.1. The first-order valence-electron chi connectivity index (χ1n) is 7.89. The Balaban J connectivity index is 1.75. The molecular formula is C17H24BrNO2. The fourth-order valence-electron chi connectivity index (χ4n) is 3.31. The van der Waals surface area contributed by atoms with Crippen LogP contribution in [0.25, 0.3) is 0 Å². The average Bonchev–Trinajstić information content (AvgIpc) is 2.45. The highest BCUT2D eigenvalue weighted by Crippen LogP contribution is 2.43. The molecule has 0 bridgehead atoms. The molecule has 1 aromatic carbocycles. The van der Waals surface area contributed by atoms with Crippen molar-refractivity contribution in [2.45, 2.75) is 56.8 Å². The number of halogens is 1. The fourth-order valence-corrected chi connectivity index (χ4v) is 3.65. The van der Waals surface area contributed by atoms with Gasteiger partial charge in [-0.05, 0) is 45.4 Å². The van der Waals surface area contributed by atoms with Crippen LogP contribution in [-0.2, 0) is 4.74 Å². The van der Waals surface area contributed by atoms with Crippen molar-refractivity contribution < 1.29 is 9.47 Å². The van der Waals surface area contributed by atoms with E-state index >= 15 is 0 Å². The molecule has 4 heteroatoms. The Hall–Kier alpha value is -0.580. The van der Waals surface area contributed by atoms with Gasteiger partial charge in [-0.25, -0.2) is 0 Å². The number of ether oxygens (including phenoxy) is 2. The lowest BCUT2D eigenvalue weighted by Crippen LogP contribution is -2.48. The molecule has 0 aromatic heterocycles.